The van der Waals surface area contributed by atoms with Crippen LogP contribution in [0, 0.1) is 0 Å². The van der Waals surface area contributed by atoms with Crippen molar-refractivity contribution in [2.75, 3.05) is 0 Å². The molecule has 0 aliphatic rings. The Morgan fingerprint density at radius 2 is 1.03 bits per heavy atom. The van der Waals surface area contributed by atoms with E-state index in [1.807, 2.05) is 0 Å². The molecule has 0 saturated heterocycles. The summed E-state index contributed by atoms with van der Waals surface area (Å²) in [6.45, 7) is 6.29. The molecule has 0 heterocycles. The number of esters is 1. The van der Waals surface area contributed by atoms with Crippen LogP contribution in [0.15, 0.2) is 0 Å². The van der Waals surface area contributed by atoms with Crippen molar-refractivity contribution in [1.29, 1.82) is 0 Å². The van der Waals surface area contributed by atoms with Gasteiger partial charge in [-0.05, 0) is 51.4 Å². The SMILES string of the molecule is CCCCCC(CC)(CC)OC(=O)CCCCC(=O)O.O=C(O)CCCCC(=O)O. The summed E-state index contributed by atoms with van der Waals surface area (Å²) in [5.74, 6) is -2.74. The van der Waals surface area contributed by atoms with Gasteiger partial charge in [-0.3, -0.25) is 19.2 Å². The Kier molecular flexibility index (Phi) is 18.9. The highest BCUT2D eigenvalue weighted by molar-refractivity contribution is 5.70. The average molecular weight is 433 g/mol. The summed E-state index contributed by atoms with van der Waals surface area (Å²) in [5.41, 5.74) is -0.320. The van der Waals surface area contributed by atoms with E-state index in [1.165, 1.54) is 0 Å². The highest BCUT2D eigenvalue weighted by atomic mass is 16.6. The molecule has 0 aromatic heterocycles. The van der Waals surface area contributed by atoms with Crippen LogP contribution in [0.2, 0.25) is 0 Å². The van der Waals surface area contributed by atoms with Crippen LogP contribution < -0.4 is 0 Å². The van der Waals surface area contributed by atoms with Crippen LogP contribution in [0.1, 0.15) is 111 Å². The van der Waals surface area contributed by atoms with Gasteiger partial charge in [0.1, 0.15) is 5.60 Å². The standard InChI is InChI=1S/C16H30O4.C6H10O4/c1-4-7-10-13-16(5-2,6-3)20-15(19)12-9-8-11-14(17)18;7-5(8)3-1-2-4-6(9)10/h4-13H2,1-3H3,(H,17,18);1-4H2,(H,7,8)(H,9,10). The Bertz CT molecular complexity index is 481. The fraction of sp³-hybridized carbons (Fsp3) is 0.818. The molecule has 0 aliphatic heterocycles. The zero-order chi connectivity index (χ0) is 23.4. The van der Waals surface area contributed by atoms with Crippen LogP contribution in [0.5, 0.6) is 0 Å². The zero-order valence-electron chi connectivity index (χ0n) is 18.8. The second-order valence-electron chi connectivity index (χ2n) is 7.42. The first-order valence-corrected chi connectivity index (χ1v) is 11.0. The molecular formula is C22H40O8. The highest BCUT2D eigenvalue weighted by Crippen LogP contribution is 2.28. The largest absolute Gasteiger partial charge is 0.481 e. The van der Waals surface area contributed by atoms with Crippen molar-refractivity contribution in [2.24, 2.45) is 0 Å². The van der Waals surface area contributed by atoms with E-state index in [-0.39, 0.29) is 30.8 Å². The maximum Gasteiger partial charge on any atom is 0.306 e. The number of carbonyl (C=O) groups excluding carboxylic acids is 1. The molecule has 8 nitrogen and oxygen atoms in total. The molecule has 0 saturated carbocycles. The summed E-state index contributed by atoms with van der Waals surface area (Å²) in [7, 11) is 0. The first-order chi connectivity index (χ1) is 14.1. The molecule has 0 atom stereocenters. The molecule has 30 heavy (non-hydrogen) atoms. The summed E-state index contributed by atoms with van der Waals surface area (Å²) in [6, 6.07) is 0. The Labute approximate surface area is 180 Å². The minimum atomic E-state index is -0.870. The number of rotatable bonds is 17. The van der Waals surface area contributed by atoms with E-state index < -0.39 is 17.9 Å². The lowest BCUT2D eigenvalue weighted by molar-refractivity contribution is -0.162. The van der Waals surface area contributed by atoms with Crippen molar-refractivity contribution in [3.8, 4) is 0 Å². The van der Waals surface area contributed by atoms with Crippen molar-refractivity contribution >= 4 is 23.9 Å². The first-order valence-electron chi connectivity index (χ1n) is 11.0. The van der Waals surface area contributed by atoms with E-state index in [2.05, 4.69) is 20.8 Å². The molecule has 8 heteroatoms. The lowest BCUT2D eigenvalue weighted by Gasteiger charge is -2.31. The van der Waals surface area contributed by atoms with Crippen molar-refractivity contribution in [1.82, 2.24) is 0 Å². The second-order valence-corrected chi connectivity index (χ2v) is 7.42. The highest BCUT2D eigenvalue weighted by Gasteiger charge is 2.29. The van der Waals surface area contributed by atoms with Crippen molar-refractivity contribution < 1.29 is 39.2 Å². The summed E-state index contributed by atoms with van der Waals surface area (Å²) in [4.78, 5) is 42.1. The predicted octanol–water partition coefficient (Wildman–Crippen LogP) is 5.03. The molecule has 0 amide bonds. The zero-order valence-corrected chi connectivity index (χ0v) is 18.8. The normalized spacial score (nSPS) is 10.6. The van der Waals surface area contributed by atoms with E-state index in [4.69, 9.17) is 20.1 Å². The molecule has 3 N–H and O–H groups in total. The van der Waals surface area contributed by atoms with Gasteiger partial charge in [0.05, 0.1) is 0 Å². The van der Waals surface area contributed by atoms with Crippen molar-refractivity contribution in [3.05, 3.63) is 0 Å². The van der Waals surface area contributed by atoms with Gasteiger partial charge >= 0.3 is 23.9 Å². The molecule has 0 bridgehead atoms. The van der Waals surface area contributed by atoms with Gasteiger partial charge in [-0.15, -0.1) is 0 Å². The van der Waals surface area contributed by atoms with Gasteiger partial charge in [-0.1, -0.05) is 33.6 Å². The molecule has 0 spiro atoms. The summed E-state index contributed by atoms with van der Waals surface area (Å²) < 4.78 is 5.70. The monoisotopic (exact) mass is 432 g/mol. The van der Waals surface area contributed by atoms with Crippen LogP contribution in [-0.4, -0.2) is 44.8 Å². The number of unbranched alkanes of at least 4 members (excludes halogenated alkanes) is 4. The van der Waals surface area contributed by atoms with E-state index >= 15 is 0 Å². The van der Waals surface area contributed by atoms with Gasteiger partial charge in [0, 0.05) is 25.7 Å². The number of hydrogen-bond donors (Lipinski definition) is 3. The molecule has 0 aromatic carbocycles. The van der Waals surface area contributed by atoms with E-state index in [1.54, 1.807) is 0 Å². The smallest absolute Gasteiger partial charge is 0.306 e. The molecule has 0 rings (SSSR count). The molecule has 176 valence electrons. The van der Waals surface area contributed by atoms with Gasteiger partial charge < -0.3 is 20.1 Å². The fourth-order valence-electron chi connectivity index (χ4n) is 2.89. The Balaban J connectivity index is 0. The lowest BCUT2D eigenvalue weighted by Crippen LogP contribution is -2.33. The Morgan fingerprint density at radius 1 is 0.633 bits per heavy atom. The maximum absolute atomic E-state index is 11.9. The third kappa shape index (κ3) is 19.2. The summed E-state index contributed by atoms with van der Waals surface area (Å²) in [6.07, 6.45) is 8.60. The Hall–Kier alpha value is -2.12. The molecule has 0 aromatic rings. The molecule has 0 fully saturated rings. The molecule has 0 aliphatic carbocycles. The third-order valence-electron chi connectivity index (χ3n) is 4.91. The van der Waals surface area contributed by atoms with Gasteiger partial charge in [0.2, 0.25) is 0 Å². The molecular weight excluding hydrogens is 392 g/mol. The van der Waals surface area contributed by atoms with E-state index in [0.717, 1.165) is 38.5 Å². The maximum atomic E-state index is 11.9. The van der Waals surface area contributed by atoms with E-state index in [9.17, 15) is 19.2 Å². The number of hydrogen-bond acceptors (Lipinski definition) is 5. The first kappa shape index (κ1) is 30.1. The molecule has 0 unspecified atom stereocenters. The summed E-state index contributed by atoms with van der Waals surface area (Å²) >= 11 is 0. The quantitative estimate of drug-likeness (QED) is 0.215. The number of ether oxygens (including phenoxy) is 1. The van der Waals surface area contributed by atoms with Crippen LogP contribution >= 0.6 is 0 Å². The van der Waals surface area contributed by atoms with Crippen LogP contribution in [0.25, 0.3) is 0 Å². The number of carboxylic acids is 3. The van der Waals surface area contributed by atoms with Crippen molar-refractivity contribution in [2.45, 2.75) is 116 Å². The van der Waals surface area contributed by atoms with Gasteiger partial charge in [-0.2, -0.15) is 0 Å². The van der Waals surface area contributed by atoms with E-state index in [0.29, 0.717) is 32.1 Å². The minimum Gasteiger partial charge on any atom is -0.481 e. The average Bonchev–Trinajstić information content (AvgIpc) is 2.68. The number of aliphatic carboxylic acids is 3. The topological polar surface area (TPSA) is 138 Å². The third-order valence-corrected chi connectivity index (χ3v) is 4.91. The lowest BCUT2D eigenvalue weighted by atomic mass is 9.90. The Morgan fingerprint density at radius 3 is 1.37 bits per heavy atom. The van der Waals surface area contributed by atoms with Crippen molar-refractivity contribution in [3.63, 3.8) is 0 Å². The number of carbonyl (C=O) groups is 4. The fourth-order valence-corrected chi connectivity index (χ4v) is 2.89. The van der Waals surface area contributed by atoms with Crippen LogP contribution in [0.3, 0.4) is 0 Å². The van der Waals surface area contributed by atoms with Gasteiger partial charge in [0.25, 0.3) is 0 Å². The van der Waals surface area contributed by atoms with Gasteiger partial charge in [0.15, 0.2) is 0 Å². The van der Waals surface area contributed by atoms with Crippen LogP contribution in [-0.2, 0) is 23.9 Å². The predicted molar refractivity (Wildman–Crippen MR) is 113 cm³/mol. The molecule has 0 radical (unpaired) electrons. The summed E-state index contributed by atoms with van der Waals surface area (Å²) in [5, 5.41) is 24.8. The van der Waals surface area contributed by atoms with Gasteiger partial charge in [-0.25, -0.2) is 0 Å². The minimum absolute atomic E-state index is 0.0628. The second kappa shape index (κ2) is 18.9. The number of carboxylic acid groups (broad SMARTS) is 3. The van der Waals surface area contributed by atoms with Crippen LogP contribution in [0.4, 0.5) is 0 Å².